The number of piperazine rings is 1. The third-order valence-corrected chi connectivity index (χ3v) is 6.88. The van der Waals surface area contributed by atoms with Crippen molar-refractivity contribution in [1.82, 2.24) is 25.6 Å². The molecule has 0 radical (unpaired) electrons. The number of nitrogens with zero attached hydrogens (tertiary/aromatic N) is 3. The fourth-order valence-corrected chi connectivity index (χ4v) is 4.55. The van der Waals surface area contributed by atoms with Crippen LogP contribution in [0.1, 0.15) is 32.6 Å². The quantitative estimate of drug-likeness (QED) is 0.516. The first-order valence-corrected chi connectivity index (χ1v) is 12.6. The van der Waals surface area contributed by atoms with Crippen LogP contribution in [0.2, 0.25) is 0 Å². The molecule has 0 spiro atoms. The molecule has 3 heterocycles. The number of amides is 1. The van der Waals surface area contributed by atoms with E-state index in [2.05, 4.69) is 32.8 Å². The fourth-order valence-electron chi connectivity index (χ4n) is 4.55. The van der Waals surface area contributed by atoms with Crippen molar-refractivity contribution in [3.63, 3.8) is 0 Å². The maximum Gasteiger partial charge on any atom is 0.416 e. The van der Waals surface area contributed by atoms with E-state index in [1.54, 1.807) is 35.6 Å². The molecule has 3 aliphatic rings. The van der Waals surface area contributed by atoms with E-state index in [1.165, 1.54) is 12.1 Å². The molecule has 0 unspecified atom stereocenters. The number of carbonyl (C=O) groups excluding carboxylic acids is 1. The highest BCUT2D eigenvalue weighted by Crippen LogP contribution is 2.34. The van der Waals surface area contributed by atoms with Gasteiger partial charge in [-0.15, -0.1) is 0 Å². The van der Waals surface area contributed by atoms with E-state index in [0.29, 0.717) is 29.9 Å². The standard InChI is InChI=1S/C29H29F3N6O/c1-20-5-6-22(16-21(20)8-10-25-18-33-27-4-3-11-34-38(25)27)28(39)35-24-9-7-23(26(17-24)29(30,31)32)19-37-14-12-36(2)13-15-37/h3-7,9,11,16-18,33-34H,12-15,19H2,1-2H3,(H,35,39). The molecular formula is C29H29F3N6O. The van der Waals surface area contributed by atoms with Crippen LogP contribution in [-0.2, 0) is 12.7 Å². The van der Waals surface area contributed by atoms with Gasteiger partial charge in [0.05, 0.1) is 5.56 Å². The molecule has 0 saturated carbocycles. The van der Waals surface area contributed by atoms with Crippen molar-refractivity contribution in [2.24, 2.45) is 0 Å². The second-order valence-electron chi connectivity index (χ2n) is 9.73. The summed E-state index contributed by atoms with van der Waals surface area (Å²) < 4.78 is 41.8. The van der Waals surface area contributed by atoms with E-state index >= 15 is 0 Å². The van der Waals surface area contributed by atoms with Crippen LogP contribution in [0.5, 0.6) is 0 Å². The highest BCUT2D eigenvalue weighted by molar-refractivity contribution is 6.04. The molecule has 0 aliphatic carbocycles. The molecule has 202 valence electrons. The van der Waals surface area contributed by atoms with Gasteiger partial charge < -0.3 is 15.5 Å². The number of halogens is 3. The first kappa shape index (κ1) is 26.4. The Bertz CT molecular complexity index is 1420. The number of alkyl halides is 3. The summed E-state index contributed by atoms with van der Waals surface area (Å²) in [6.45, 7) is 5.15. The van der Waals surface area contributed by atoms with Gasteiger partial charge in [-0.05, 0) is 67.4 Å². The lowest BCUT2D eigenvalue weighted by Gasteiger charge is -2.33. The van der Waals surface area contributed by atoms with Crippen LogP contribution in [0.3, 0.4) is 0 Å². The Kier molecular flexibility index (Phi) is 7.37. The summed E-state index contributed by atoms with van der Waals surface area (Å²) in [6, 6.07) is 9.05. The van der Waals surface area contributed by atoms with E-state index < -0.39 is 17.6 Å². The van der Waals surface area contributed by atoms with Crippen LogP contribution in [0, 0.1) is 18.8 Å². The van der Waals surface area contributed by atoms with Crippen molar-refractivity contribution in [2.75, 3.05) is 38.5 Å². The summed E-state index contributed by atoms with van der Waals surface area (Å²) in [6.07, 6.45) is 2.80. The van der Waals surface area contributed by atoms with Gasteiger partial charge in [0.1, 0.15) is 11.5 Å². The van der Waals surface area contributed by atoms with Gasteiger partial charge in [-0.25, -0.2) is 5.01 Å². The lowest BCUT2D eigenvalue weighted by atomic mass is 10.0. The molecule has 1 amide bonds. The maximum absolute atomic E-state index is 13.9. The number of rotatable bonds is 4. The van der Waals surface area contributed by atoms with Crippen molar-refractivity contribution < 1.29 is 18.0 Å². The van der Waals surface area contributed by atoms with Crippen LogP contribution in [0.4, 0.5) is 18.9 Å². The van der Waals surface area contributed by atoms with Crippen molar-refractivity contribution in [3.05, 3.63) is 100 Å². The Hall–Kier alpha value is -4.20. The summed E-state index contributed by atoms with van der Waals surface area (Å²) in [4.78, 5) is 17.2. The molecule has 1 saturated heterocycles. The minimum atomic E-state index is -4.53. The van der Waals surface area contributed by atoms with Crippen molar-refractivity contribution in [1.29, 1.82) is 0 Å². The highest BCUT2D eigenvalue weighted by atomic mass is 19.4. The van der Waals surface area contributed by atoms with Crippen LogP contribution in [0.15, 0.2) is 72.5 Å². The Morgan fingerprint density at radius 2 is 1.87 bits per heavy atom. The molecule has 3 N–H and O–H groups in total. The summed E-state index contributed by atoms with van der Waals surface area (Å²) in [5.74, 6) is 6.53. The van der Waals surface area contributed by atoms with E-state index in [4.69, 9.17) is 0 Å². The summed E-state index contributed by atoms with van der Waals surface area (Å²) in [5, 5.41) is 7.54. The zero-order chi connectivity index (χ0) is 27.6. The first-order chi connectivity index (χ1) is 18.7. The Morgan fingerprint density at radius 1 is 1.08 bits per heavy atom. The number of allylic oxidation sites excluding steroid dienone is 3. The molecule has 39 heavy (non-hydrogen) atoms. The lowest BCUT2D eigenvalue weighted by Crippen LogP contribution is -2.44. The number of fused-ring (bicyclic) bond motifs is 1. The molecule has 0 aromatic heterocycles. The molecule has 5 rings (SSSR count). The first-order valence-electron chi connectivity index (χ1n) is 12.6. The minimum Gasteiger partial charge on any atom is -0.344 e. The molecule has 0 bridgehead atoms. The Balaban J connectivity index is 1.32. The number of hydrazine groups is 1. The zero-order valence-electron chi connectivity index (χ0n) is 21.7. The number of anilines is 1. The third kappa shape index (κ3) is 6.11. The molecule has 7 nitrogen and oxygen atoms in total. The van der Waals surface area contributed by atoms with Gasteiger partial charge in [0.15, 0.2) is 0 Å². The predicted molar refractivity (Wildman–Crippen MR) is 144 cm³/mol. The van der Waals surface area contributed by atoms with Gasteiger partial charge in [0, 0.05) is 61.9 Å². The largest absolute Gasteiger partial charge is 0.416 e. The van der Waals surface area contributed by atoms with Gasteiger partial charge in [0.2, 0.25) is 0 Å². The molecule has 0 atom stereocenters. The van der Waals surface area contributed by atoms with E-state index in [0.717, 1.165) is 30.5 Å². The van der Waals surface area contributed by atoms with Gasteiger partial charge in [0.25, 0.3) is 5.91 Å². The monoisotopic (exact) mass is 534 g/mol. The van der Waals surface area contributed by atoms with Crippen molar-refractivity contribution in [2.45, 2.75) is 19.6 Å². The average Bonchev–Trinajstić information content (AvgIpc) is 3.33. The van der Waals surface area contributed by atoms with Crippen LogP contribution in [0.25, 0.3) is 0 Å². The zero-order valence-corrected chi connectivity index (χ0v) is 21.7. The van der Waals surface area contributed by atoms with Crippen LogP contribution < -0.4 is 16.1 Å². The van der Waals surface area contributed by atoms with Crippen LogP contribution in [-0.4, -0.2) is 53.9 Å². The number of benzene rings is 2. The number of likely N-dealkylation sites (N-methyl/N-ethyl adjacent to an activating group) is 1. The molecule has 1 fully saturated rings. The van der Waals surface area contributed by atoms with Crippen molar-refractivity contribution in [3.8, 4) is 11.8 Å². The Labute approximate surface area is 225 Å². The van der Waals surface area contributed by atoms with Crippen molar-refractivity contribution >= 4 is 11.6 Å². The number of nitrogens with one attached hydrogen (secondary N) is 3. The summed E-state index contributed by atoms with van der Waals surface area (Å²) >= 11 is 0. The SMILES string of the molecule is Cc1ccc(C(=O)Nc2ccc(CN3CCN(C)CC3)c(C(F)(F)F)c2)cc1C#CC1=CNC2=CC=CNN12. The maximum atomic E-state index is 13.9. The van der Waals surface area contributed by atoms with Gasteiger partial charge in [-0.1, -0.05) is 18.1 Å². The number of carbonyl (C=O) groups is 1. The topological polar surface area (TPSA) is 62.9 Å². The van der Waals surface area contributed by atoms with Gasteiger partial charge in [-0.3, -0.25) is 15.1 Å². The van der Waals surface area contributed by atoms with Gasteiger partial charge >= 0.3 is 6.18 Å². The summed E-state index contributed by atoms with van der Waals surface area (Å²) in [7, 11) is 2.00. The fraction of sp³-hybridized carbons (Fsp3) is 0.276. The minimum absolute atomic E-state index is 0.0911. The summed E-state index contributed by atoms with van der Waals surface area (Å²) in [5.41, 5.74) is 5.17. The average molecular weight is 535 g/mol. The van der Waals surface area contributed by atoms with E-state index in [1.807, 2.05) is 31.0 Å². The van der Waals surface area contributed by atoms with E-state index in [9.17, 15) is 18.0 Å². The Morgan fingerprint density at radius 3 is 2.64 bits per heavy atom. The van der Waals surface area contributed by atoms with Gasteiger partial charge in [-0.2, -0.15) is 13.2 Å². The lowest BCUT2D eigenvalue weighted by molar-refractivity contribution is -0.138. The second kappa shape index (κ2) is 10.9. The predicted octanol–water partition coefficient (Wildman–Crippen LogP) is 3.98. The highest BCUT2D eigenvalue weighted by Gasteiger charge is 2.34. The molecule has 2 aromatic rings. The van der Waals surface area contributed by atoms with Crippen LogP contribution >= 0.6 is 0 Å². The third-order valence-electron chi connectivity index (χ3n) is 6.88. The second-order valence-corrected chi connectivity index (χ2v) is 9.73. The number of hydrogen-bond acceptors (Lipinski definition) is 6. The normalized spacial score (nSPS) is 17.3. The van der Waals surface area contributed by atoms with E-state index in [-0.39, 0.29) is 17.8 Å². The molecule has 2 aromatic carbocycles. The molecule has 10 heteroatoms. The number of hydrogen-bond donors (Lipinski definition) is 3. The smallest absolute Gasteiger partial charge is 0.344 e. The number of aryl methyl sites for hydroxylation is 1. The molecular weight excluding hydrogens is 505 g/mol. The molecule has 3 aliphatic heterocycles.